The van der Waals surface area contributed by atoms with E-state index in [1.807, 2.05) is 48.0 Å². The molecule has 1 N–H and O–H groups in total. The molecule has 1 aliphatic heterocycles. The van der Waals surface area contributed by atoms with Crippen LogP contribution in [0.4, 0.5) is 0 Å². The molecule has 2 aromatic carbocycles. The first kappa shape index (κ1) is 19.4. The normalized spacial score (nSPS) is 14.7. The molecule has 0 radical (unpaired) electrons. The van der Waals surface area contributed by atoms with Gasteiger partial charge in [-0.15, -0.1) is 0 Å². The first-order chi connectivity index (χ1) is 14.2. The molecular weight excluding hydrogens is 364 g/mol. The maximum absolute atomic E-state index is 12.6. The van der Waals surface area contributed by atoms with Gasteiger partial charge in [0.1, 0.15) is 0 Å². The minimum Gasteiger partial charge on any atom is -0.379 e. The Hall–Kier alpha value is -2.96. The Kier molecular flexibility index (Phi) is 6.03. The number of rotatable bonds is 6. The van der Waals surface area contributed by atoms with Crippen molar-refractivity contribution in [2.24, 2.45) is 0 Å². The Morgan fingerprint density at radius 2 is 1.76 bits per heavy atom. The average molecular weight is 390 g/mol. The topological polar surface area (TPSA) is 59.4 Å². The number of hydrogen-bond acceptors (Lipinski definition) is 4. The lowest BCUT2D eigenvalue weighted by molar-refractivity contribution is 0.0340. The summed E-state index contributed by atoms with van der Waals surface area (Å²) in [6.07, 6.45) is 1.77. The van der Waals surface area contributed by atoms with Crippen LogP contribution in [0.1, 0.15) is 27.2 Å². The summed E-state index contributed by atoms with van der Waals surface area (Å²) in [5.74, 6) is -0.0742. The largest absolute Gasteiger partial charge is 0.379 e. The molecule has 0 spiro atoms. The Morgan fingerprint density at radius 1 is 1.03 bits per heavy atom. The van der Waals surface area contributed by atoms with Crippen molar-refractivity contribution in [2.45, 2.75) is 20.0 Å². The SMILES string of the molecule is Cc1ccnn1-c1ccc(C(=O)NCc2ccccc2CN2CCOCC2)cc1. The second-order valence-electron chi connectivity index (χ2n) is 7.27. The van der Waals surface area contributed by atoms with Crippen LogP contribution in [0.2, 0.25) is 0 Å². The molecule has 1 aliphatic rings. The number of nitrogens with one attached hydrogen (secondary N) is 1. The lowest BCUT2D eigenvalue weighted by Gasteiger charge is -2.27. The predicted molar refractivity (Wildman–Crippen MR) is 112 cm³/mol. The molecule has 1 aromatic heterocycles. The Balaban J connectivity index is 1.39. The Labute approximate surface area is 171 Å². The molecule has 1 fully saturated rings. The molecular formula is C23H26N4O2. The molecule has 29 heavy (non-hydrogen) atoms. The highest BCUT2D eigenvalue weighted by molar-refractivity contribution is 5.94. The van der Waals surface area contributed by atoms with Crippen molar-refractivity contribution in [1.82, 2.24) is 20.0 Å². The number of aryl methyl sites for hydroxylation is 1. The maximum atomic E-state index is 12.6. The zero-order valence-electron chi connectivity index (χ0n) is 16.7. The second kappa shape index (κ2) is 9.03. The molecule has 3 aromatic rings. The van der Waals surface area contributed by atoms with Crippen molar-refractivity contribution in [3.05, 3.63) is 83.2 Å². The van der Waals surface area contributed by atoms with Crippen molar-refractivity contribution >= 4 is 5.91 Å². The quantitative estimate of drug-likeness (QED) is 0.703. The van der Waals surface area contributed by atoms with Crippen LogP contribution in [0.3, 0.4) is 0 Å². The molecule has 0 bridgehead atoms. The van der Waals surface area contributed by atoms with Gasteiger partial charge in [0, 0.05) is 43.6 Å². The lowest BCUT2D eigenvalue weighted by atomic mass is 10.1. The fourth-order valence-corrected chi connectivity index (χ4v) is 3.56. The summed E-state index contributed by atoms with van der Waals surface area (Å²) in [6, 6.07) is 17.8. The third kappa shape index (κ3) is 4.72. The van der Waals surface area contributed by atoms with E-state index in [2.05, 4.69) is 33.5 Å². The Morgan fingerprint density at radius 3 is 2.45 bits per heavy atom. The summed E-state index contributed by atoms with van der Waals surface area (Å²) in [7, 11) is 0. The maximum Gasteiger partial charge on any atom is 0.251 e. The number of hydrogen-bond donors (Lipinski definition) is 1. The molecule has 0 unspecified atom stereocenters. The van der Waals surface area contributed by atoms with Gasteiger partial charge in [-0.3, -0.25) is 9.69 Å². The molecule has 0 atom stereocenters. The van der Waals surface area contributed by atoms with Gasteiger partial charge in [0.15, 0.2) is 0 Å². The monoisotopic (exact) mass is 390 g/mol. The van der Waals surface area contributed by atoms with Gasteiger partial charge in [-0.05, 0) is 48.4 Å². The average Bonchev–Trinajstić information content (AvgIpc) is 3.19. The zero-order chi connectivity index (χ0) is 20.1. The zero-order valence-corrected chi connectivity index (χ0v) is 16.7. The molecule has 2 heterocycles. The third-order valence-electron chi connectivity index (χ3n) is 5.26. The first-order valence-corrected chi connectivity index (χ1v) is 9.97. The second-order valence-corrected chi connectivity index (χ2v) is 7.27. The number of benzene rings is 2. The van der Waals surface area contributed by atoms with Crippen molar-refractivity contribution in [3.63, 3.8) is 0 Å². The fourth-order valence-electron chi connectivity index (χ4n) is 3.56. The summed E-state index contributed by atoms with van der Waals surface area (Å²) in [5.41, 5.74) is 5.04. The van der Waals surface area contributed by atoms with Gasteiger partial charge in [0.2, 0.25) is 0 Å². The number of aromatic nitrogens is 2. The minimum atomic E-state index is -0.0742. The predicted octanol–water partition coefficient (Wildman–Crippen LogP) is 2.94. The van der Waals surface area contributed by atoms with E-state index in [-0.39, 0.29) is 5.91 Å². The summed E-state index contributed by atoms with van der Waals surface area (Å²) in [6.45, 7) is 6.86. The smallest absolute Gasteiger partial charge is 0.251 e. The first-order valence-electron chi connectivity index (χ1n) is 9.97. The van der Waals surface area contributed by atoms with Gasteiger partial charge in [0.25, 0.3) is 5.91 Å². The van der Waals surface area contributed by atoms with Gasteiger partial charge in [-0.1, -0.05) is 24.3 Å². The highest BCUT2D eigenvalue weighted by Gasteiger charge is 2.13. The highest BCUT2D eigenvalue weighted by atomic mass is 16.5. The van der Waals surface area contributed by atoms with Crippen molar-refractivity contribution in [1.29, 1.82) is 0 Å². The van der Waals surface area contributed by atoms with Gasteiger partial charge in [-0.2, -0.15) is 5.10 Å². The number of amides is 1. The van der Waals surface area contributed by atoms with E-state index >= 15 is 0 Å². The molecule has 1 saturated heterocycles. The molecule has 6 nitrogen and oxygen atoms in total. The number of morpholine rings is 1. The van der Waals surface area contributed by atoms with Crippen molar-refractivity contribution in [2.75, 3.05) is 26.3 Å². The van der Waals surface area contributed by atoms with Crippen molar-refractivity contribution in [3.8, 4) is 5.69 Å². The van der Waals surface area contributed by atoms with E-state index < -0.39 is 0 Å². The van der Waals surface area contributed by atoms with Crippen LogP contribution in [0.25, 0.3) is 5.69 Å². The van der Waals surface area contributed by atoms with Gasteiger partial charge in [-0.25, -0.2) is 4.68 Å². The number of carbonyl (C=O) groups is 1. The summed E-state index contributed by atoms with van der Waals surface area (Å²) in [5, 5.41) is 7.35. The van der Waals surface area contributed by atoms with E-state index in [0.717, 1.165) is 49.8 Å². The summed E-state index contributed by atoms with van der Waals surface area (Å²) < 4.78 is 7.28. The number of nitrogens with zero attached hydrogens (tertiary/aromatic N) is 3. The van der Waals surface area contributed by atoms with Gasteiger partial charge >= 0.3 is 0 Å². The third-order valence-corrected chi connectivity index (χ3v) is 5.26. The van der Waals surface area contributed by atoms with Crippen LogP contribution in [0.15, 0.2) is 60.8 Å². The molecule has 0 saturated carbocycles. The summed E-state index contributed by atoms with van der Waals surface area (Å²) >= 11 is 0. The standard InChI is InChI=1S/C23H26N4O2/c1-18-10-11-25-27(18)22-8-6-19(7-9-22)23(28)24-16-20-4-2-3-5-21(20)17-26-12-14-29-15-13-26/h2-11H,12-17H2,1H3,(H,24,28). The lowest BCUT2D eigenvalue weighted by Crippen LogP contribution is -2.36. The van der Waals surface area contributed by atoms with Crippen LogP contribution in [0, 0.1) is 6.92 Å². The van der Waals surface area contributed by atoms with Crippen LogP contribution in [-0.2, 0) is 17.8 Å². The molecule has 0 aliphatic carbocycles. The van der Waals surface area contributed by atoms with Crippen molar-refractivity contribution < 1.29 is 9.53 Å². The van der Waals surface area contributed by atoms with E-state index in [0.29, 0.717) is 12.1 Å². The number of ether oxygens (including phenoxy) is 1. The van der Waals surface area contributed by atoms with Gasteiger partial charge < -0.3 is 10.1 Å². The molecule has 4 rings (SSSR count). The van der Waals surface area contributed by atoms with Crippen LogP contribution in [0.5, 0.6) is 0 Å². The fraction of sp³-hybridized carbons (Fsp3) is 0.304. The minimum absolute atomic E-state index is 0.0742. The number of carbonyl (C=O) groups excluding carboxylic acids is 1. The van der Waals surface area contributed by atoms with E-state index in [1.54, 1.807) is 6.20 Å². The molecule has 1 amide bonds. The van der Waals surface area contributed by atoms with E-state index in [4.69, 9.17) is 4.74 Å². The molecule has 150 valence electrons. The highest BCUT2D eigenvalue weighted by Crippen LogP contribution is 2.14. The van der Waals surface area contributed by atoms with E-state index in [9.17, 15) is 4.79 Å². The van der Waals surface area contributed by atoms with Crippen LogP contribution < -0.4 is 5.32 Å². The van der Waals surface area contributed by atoms with Crippen LogP contribution in [-0.4, -0.2) is 46.9 Å². The van der Waals surface area contributed by atoms with E-state index in [1.165, 1.54) is 5.56 Å². The molecule has 6 heteroatoms. The van der Waals surface area contributed by atoms with Crippen LogP contribution >= 0.6 is 0 Å². The Bertz CT molecular complexity index is 959. The summed E-state index contributed by atoms with van der Waals surface area (Å²) in [4.78, 5) is 15.0. The van der Waals surface area contributed by atoms with Gasteiger partial charge in [0.05, 0.1) is 18.9 Å².